The Labute approximate surface area is 190 Å². The number of benzene rings is 1. The maximum Gasteiger partial charge on any atom is 0.317 e. The quantitative estimate of drug-likeness (QED) is 0.354. The van der Waals surface area contributed by atoms with Gasteiger partial charge in [-0.25, -0.2) is 0 Å². The van der Waals surface area contributed by atoms with Gasteiger partial charge in [0.15, 0.2) is 16.6 Å². The van der Waals surface area contributed by atoms with E-state index in [0.29, 0.717) is 5.76 Å². The summed E-state index contributed by atoms with van der Waals surface area (Å²) in [7, 11) is -4.25. The van der Waals surface area contributed by atoms with Crippen LogP contribution in [0.15, 0.2) is 36.6 Å². The van der Waals surface area contributed by atoms with Gasteiger partial charge in [0.1, 0.15) is 5.76 Å². The van der Waals surface area contributed by atoms with Crippen molar-refractivity contribution < 1.29 is 18.4 Å². The van der Waals surface area contributed by atoms with Crippen molar-refractivity contribution in [3.05, 3.63) is 47.7 Å². The Hall–Kier alpha value is -1.22. The molecule has 1 saturated heterocycles. The van der Waals surface area contributed by atoms with E-state index >= 15 is 0 Å². The lowest BCUT2D eigenvalue weighted by molar-refractivity contribution is -0.143. The molecule has 6 heteroatoms. The fourth-order valence-electron chi connectivity index (χ4n) is 3.96. The average Bonchev–Trinajstić information content (AvgIpc) is 2.90. The minimum absolute atomic E-state index is 0.0332. The van der Waals surface area contributed by atoms with Crippen LogP contribution in [0.3, 0.4) is 0 Å². The fourth-order valence-corrected chi connectivity index (χ4v) is 6.48. The molecular weight excluding hydrogens is 420 g/mol. The van der Waals surface area contributed by atoms with E-state index in [0.717, 1.165) is 11.1 Å². The zero-order chi connectivity index (χ0) is 23.6. The monoisotopic (exact) mass is 460 g/mol. The lowest BCUT2D eigenvalue weighted by Gasteiger charge is -2.47. The van der Waals surface area contributed by atoms with Gasteiger partial charge in [0.05, 0.1) is 24.0 Å². The molecule has 0 amide bonds. The van der Waals surface area contributed by atoms with Gasteiger partial charge in [-0.15, -0.1) is 0 Å². The SMILES string of the molecule is C=C1OC(=O)[C@H]2[C@@H]1[C@@H](O[Si](C)(C)C(C)(C)C)c1ccccc1[C@H]2O[Si](C)(C)C(C)(C)C. The van der Waals surface area contributed by atoms with E-state index in [1.54, 1.807) is 0 Å². The number of cyclic esters (lactones) is 1. The highest BCUT2D eigenvalue weighted by Crippen LogP contribution is 2.57. The number of rotatable bonds is 4. The van der Waals surface area contributed by atoms with Crippen molar-refractivity contribution in [3.63, 3.8) is 0 Å². The molecular formula is C25H40O4Si2. The molecule has 1 aromatic rings. The van der Waals surface area contributed by atoms with Crippen LogP contribution in [0, 0.1) is 11.8 Å². The molecule has 1 aromatic carbocycles. The molecule has 0 radical (unpaired) electrons. The molecule has 31 heavy (non-hydrogen) atoms. The second-order valence-corrected chi connectivity index (χ2v) is 21.7. The molecule has 3 rings (SSSR count). The number of carbonyl (C=O) groups excluding carboxylic acids is 1. The lowest BCUT2D eigenvalue weighted by atomic mass is 9.73. The van der Waals surface area contributed by atoms with E-state index in [-0.39, 0.29) is 34.2 Å². The first-order valence-corrected chi connectivity index (χ1v) is 17.1. The van der Waals surface area contributed by atoms with Crippen LogP contribution >= 0.6 is 0 Å². The number of esters is 1. The number of ether oxygens (including phenoxy) is 1. The number of hydrogen-bond acceptors (Lipinski definition) is 4. The summed E-state index contributed by atoms with van der Waals surface area (Å²) in [5.41, 5.74) is 2.17. The van der Waals surface area contributed by atoms with Gasteiger partial charge < -0.3 is 13.6 Å². The molecule has 1 heterocycles. The first-order valence-electron chi connectivity index (χ1n) is 11.3. The summed E-state index contributed by atoms with van der Waals surface area (Å²) in [6, 6.07) is 8.30. The Morgan fingerprint density at radius 3 is 1.58 bits per heavy atom. The van der Waals surface area contributed by atoms with Gasteiger partial charge >= 0.3 is 5.97 Å². The van der Waals surface area contributed by atoms with E-state index in [1.807, 2.05) is 12.1 Å². The van der Waals surface area contributed by atoms with Crippen molar-refractivity contribution in [1.82, 2.24) is 0 Å². The predicted molar refractivity (Wildman–Crippen MR) is 131 cm³/mol. The van der Waals surface area contributed by atoms with E-state index < -0.39 is 22.6 Å². The van der Waals surface area contributed by atoms with Crippen LogP contribution in [0.5, 0.6) is 0 Å². The molecule has 4 nitrogen and oxygen atoms in total. The van der Waals surface area contributed by atoms with E-state index in [2.05, 4.69) is 86.4 Å². The molecule has 0 N–H and O–H groups in total. The van der Waals surface area contributed by atoms with E-state index in [4.69, 9.17) is 13.6 Å². The third-order valence-electron chi connectivity index (χ3n) is 7.98. The van der Waals surface area contributed by atoms with Crippen LogP contribution in [-0.4, -0.2) is 22.6 Å². The zero-order valence-corrected chi connectivity index (χ0v) is 23.0. The number of hydrogen-bond donors (Lipinski definition) is 0. The van der Waals surface area contributed by atoms with Gasteiger partial charge in [-0.1, -0.05) is 72.4 Å². The highest BCUT2D eigenvalue weighted by atomic mass is 28.4. The van der Waals surface area contributed by atoms with Crippen molar-refractivity contribution in [1.29, 1.82) is 0 Å². The molecule has 172 valence electrons. The second kappa shape index (κ2) is 7.68. The largest absolute Gasteiger partial charge is 0.431 e. The molecule has 0 saturated carbocycles. The molecule has 0 spiro atoms. The standard InChI is InChI=1S/C25H40O4Si2/c1-16-19-20(23(26)27-16)22(29-31(10,11)25(5,6)7)18-15-13-12-14-17(18)21(19)28-30(8,9)24(2,3)4/h12-15,19-22H,1H2,2-11H3/t19-,20+,21+,22-/m1/s1. The van der Waals surface area contributed by atoms with Crippen LogP contribution in [0.25, 0.3) is 0 Å². The van der Waals surface area contributed by atoms with Gasteiger partial charge in [0, 0.05) is 0 Å². The summed E-state index contributed by atoms with van der Waals surface area (Å²) in [5.74, 6) is -0.383. The molecule has 0 unspecified atom stereocenters. The van der Waals surface area contributed by atoms with Crippen LogP contribution in [0.1, 0.15) is 64.9 Å². The highest BCUT2D eigenvalue weighted by Gasteiger charge is 2.57. The maximum absolute atomic E-state index is 13.1. The molecule has 1 fully saturated rings. The van der Waals surface area contributed by atoms with Crippen LogP contribution in [-0.2, 0) is 18.4 Å². The second-order valence-electron chi connectivity index (χ2n) is 12.2. The third-order valence-corrected chi connectivity index (χ3v) is 16.9. The minimum atomic E-state index is -2.14. The number of fused-ring (bicyclic) bond motifs is 2. The van der Waals surface area contributed by atoms with Crippen LogP contribution in [0.4, 0.5) is 0 Å². The summed E-state index contributed by atoms with van der Waals surface area (Å²) in [6.07, 6.45) is -0.589. The molecule has 1 aliphatic heterocycles. The summed E-state index contributed by atoms with van der Waals surface area (Å²) in [5, 5.41) is 0.0855. The smallest absolute Gasteiger partial charge is 0.317 e. The first kappa shape index (κ1) is 24.4. The van der Waals surface area contributed by atoms with Crippen molar-refractivity contribution in [3.8, 4) is 0 Å². The zero-order valence-electron chi connectivity index (χ0n) is 21.0. The normalized spacial score (nSPS) is 27.0. The molecule has 0 bridgehead atoms. The summed E-state index contributed by atoms with van der Waals surface area (Å²) < 4.78 is 19.5. The minimum Gasteiger partial charge on any atom is -0.431 e. The van der Waals surface area contributed by atoms with E-state index in [9.17, 15) is 4.79 Å². The summed E-state index contributed by atoms with van der Waals surface area (Å²) >= 11 is 0. The van der Waals surface area contributed by atoms with Crippen molar-refractivity contribution in [2.45, 2.75) is 90.0 Å². The van der Waals surface area contributed by atoms with Crippen molar-refractivity contribution in [2.75, 3.05) is 0 Å². The molecule has 1 aliphatic carbocycles. The van der Waals surface area contributed by atoms with Crippen molar-refractivity contribution in [2.24, 2.45) is 11.8 Å². The van der Waals surface area contributed by atoms with Gasteiger partial charge in [0.25, 0.3) is 0 Å². The Morgan fingerprint density at radius 2 is 1.19 bits per heavy atom. The Kier molecular flexibility index (Phi) is 6.05. The fraction of sp³-hybridized carbons (Fsp3) is 0.640. The maximum atomic E-state index is 13.1. The van der Waals surface area contributed by atoms with Gasteiger partial charge in [-0.3, -0.25) is 4.79 Å². The molecule has 0 aromatic heterocycles. The van der Waals surface area contributed by atoms with E-state index in [1.165, 1.54) is 0 Å². The Morgan fingerprint density at radius 1 is 0.806 bits per heavy atom. The van der Waals surface area contributed by atoms with Crippen molar-refractivity contribution >= 4 is 22.6 Å². The van der Waals surface area contributed by atoms with Gasteiger partial charge in [0.2, 0.25) is 0 Å². The van der Waals surface area contributed by atoms with Gasteiger partial charge in [-0.05, 0) is 47.4 Å². The topological polar surface area (TPSA) is 44.8 Å². The number of carbonyl (C=O) groups is 1. The Bertz CT molecular complexity index is 805. The molecule has 4 atom stereocenters. The highest BCUT2D eigenvalue weighted by molar-refractivity contribution is 6.74. The summed E-state index contributed by atoms with van der Waals surface area (Å²) in [4.78, 5) is 13.1. The summed E-state index contributed by atoms with van der Waals surface area (Å²) in [6.45, 7) is 26.5. The third kappa shape index (κ3) is 4.24. The molecule has 2 aliphatic rings. The lowest BCUT2D eigenvalue weighted by Crippen LogP contribution is -2.48. The van der Waals surface area contributed by atoms with Crippen LogP contribution < -0.4 is 0 Å². The van der Waals surface area contributed by atoms with Gasteiger partial charge in [-0.2, -0.15) is 0 Å². The predicted octanol–water partition coefficient (Wildman–Crippen LogP) is 7.13. The first-order chi connectivity index (χ1) is 14.0. The Balaban J connectivity index is 2.14. The van der Waals surface area contributed by atoms with Crippen LogP contribution in [0.2, 0.25) is 36.3 Å². The average molecular weight is 461 g/mol.